The molecular formula is C102H66. The maximum Gasteiger partial charge on any atom is 0.0159 e. The van der Waals surface area contributed by atoms with Gasteiger partial charge in [-0.1, -0.05) is 295 Å². The fourth-order valence-electron chi connectivity index (χ4n) is 19.1. The van der Waals surface area contributed by atoms with Crippen LogP contribution in [0.3, 0.4) is 0 Å². The van der Waals surface area contributed by atoms with Crippen molar-refractivity contribution in [1.29, 1.82) is 0 Å². The van der Waals surface area contributed by atoms with Crippen molar-refractivity contribution < 1.29 is 0 Å². The monoisotopic (exact) mass is 1290 g/mol. The lowest BCUT2D eigenvalue weighted by Crippen LogP contribution is -2.15. The second kappa shape index (κ2) is 21.0. The first-order valence-electron chi connectivity index (χ1n) is 36.1. The molecule has 18 aromatic rings. The summed E-state index contributed by atoms with van der Waals surface area (Å²) in [6, 6.07) is 125. The molecule has 4 aliphatic rings. The summed E-state index contributed by atoms with van der Waals surface area (Å²) in [5.41, 5.74) is 38.2. The molecule has 0 nitrogen and oxygen atoms in total. The summed E-state index contributed by atoms with van der Waals surface area (Å²) in [7, 11) is 0. The summed E-state index contributed by atoms with van der Waals surface area (Å²) in [5, 5.41) is 15.5. The van der Waals surface area contributed by atoms with Crippen molar-refractivity contribution >= 4 is 64.6 Å². The van der Waals surface area contributed by atoms with E-state index in [-0.39, 0.29) is 10.8 Å². The molecule has 0 bridgehead atoms. The Morgan fingerprint density at radius 1 is 0.147 bits per heavy atom. The van der Waals surface area contributed by atoms with Crippen molar-refractivity contribution in [2.24, 2.45) is 0 Å². The van der Waals surface area contributed by atoms with E-state index in [0.29, 0.717) is 0 Å². The smallest absolute Gasteiger partial charge is 0.0159 e. The largest absolute Gasteiger partial charge is 0.0622 e. The number of hydrogen-bond donors (Lipinski definition) is 0. The Hall–Kier alpha value is -12.5. The second-order valence-electron chi connectivity index (χ2n) is 30.1. The van der Waals surface area contributed by atoms with Gasteiger partial charge in [0, 0.05) is 10.8 Å². The molecule has 0 atom stereocenters. The Bertz CT molecular complexity index is 6330. The van der Waals surface area contributed by atoms with Crippen LogP contribution in [0.1, 0.15) is 49.9 Å². The zero-order valence-corrected chi connectivity index (χ0v) is 57.2. The third-order valence-electron chi connectivity index (χ3n) is 24.1. The lowest BCUT2D eigenvalue weighted by molar-refractivity contribution is 0.660. The first-order valence-corrected chi connectivity index (χ1v) is 36.1. The molecule has 0 heterocycles. The molecule has 0 spiro atoms. The first-order chi connectivity index (χ1) is 50.1. The zero-order valence-electron chi connectivity index (χ0n) is 57.2. The molecule has 0 heteroatoms. The van der Waals surface area contributed by atoms with E-state index in [9.17, 15) is 0 Å². The van der Waals surface area contributed by atoms with Crippen molar-refractivity contribution in [3.63, 3.8) is 0 Å². The third kappa shape index (κ3) is 8.04. The van der Waals surface area contributed by atoms with E-state index in [2.05, 4.69) is 355 Å². The average molecular weight is 1290 g/mol. The molecular weight excluding hydrogens is 1230 g/mol. The van der Waals surface area contributed by atoms with Gasteiger partial charge in [0.15, 0.2) is 0 Å². The van der Waals surface area contributed by atoms with Gasteiger partial charge in [-0.15, -0.1) is 0 Å². The molecule has 4 aliphatic carbocycles. The highest BCUT2D eigenvalue weighted by molar-refractivity contribution is 6.32. The number of hydrogen-bond acceptors (Lipinski definition) is 0. The van der Waals surface area contributed by atoms with Gasteiger partial charge in [0.05, 0.1) is 0 Å². The lowest BCUT2D eigenvalue weighted by Gasteiger charge is -2.24. The van der Waals surface area contributed by atoms with Crippen molar-refractivity contribution in [2.75, 3.05) is 0 Å². The van der Waals surface area contributed by atoms with Crippen LogP contribution in [0.4, 0.5) is 0 Å². The minimum Gasteiger partial charge on any atom is -0.0622 e. The minimum atomic E-state index is -0.270. The molecule has 22 rings (SSSR count). The van der Waals surface area contributed by atoms with Gasteiger partial charge < -0.3 is 0 Å². The van der Waals surface area contributed by atoms with Crippen LogP contribution in [0.15, 0.2) is 328 Å². The van der Waals surface area contributed by atoms with E-state index in [1.165, 1.54) is 232 Å². The van der Waals surface area contributed by atoms with Crippen molar-refractivity contribution in [1.82, 2.24) is 0 Å². The standard InChI is InChI=1S/C102H66/c1-101(2)93-51-65(35-41-75(93)77-43-37-67(53-95(77)101)83-55-89-81-47-45-69(61-25-13-7-14-26-61)97-79-31-19-17-29-71(79)91(99(81)97)57-87(89)73-39-33-63(49-85(73)83)59-21-9-5-10-22-59)66-36-42-76-78-44-38-68(54-96(78)102(3,4)94(76)52-66)84-56-90-82-48-46-70(62-27-15-8-16-28-62)98-80-32-20-18-30-72(80)92(100(82)98)58-88(90)74-40-34-64(50-86(74)84)60-23-11-6-12-24-60/h5-58H,1-4H3. The fourth-order valence-corrected chi connectivity index (χ4v) is 19.1. The number of benzene rings is 18. The summed E-state index contributed by atoms with van der Waals surface area (Å²) in [4.78, 5) is 0. The normalized spacial score (nSPS) is 13.6. The van der Waals surface area contributed by atoms with Crippen LogP contribution >= 0.6 is 0 Å². The quantitative estimate of drug-likeness (QED) is 0.140. The predicted molar refractivity (Wildman–Crippen MR) is 434 cm³/mol. The summed E-state index contributed by atoms with van der Waals surface area (Å²) >= 11 is 0. The van der Waals surface area contributed by atoms with Crippen molar-refractivity contribution in [3.05, 3.63) is 350 Å². The zero-order chi connectivity index (χ0) is 67.4. The van der Waals surface area contributed by atoms with Gasteiger partial charge >= 0.3 is 0 Å². The fraction of sp³-hybridized carbons (Fsp3) is 0.0588. The van der Waals surface area contributed by atoms with Gasteiger partial charge in [0.1, 0.15) is 0 Å². The van der Waals surface area contributed by atoms with Crippen LogP contribution in [0.25, 0.3) is 209 Å². The topological polar surface area (TPSA) is 0 Å². The van der Waals surface area contributed by atoms with Gasteiger partial charge in [-0.2, -0.15) is 0 Å². The maximum atomic E-state index is 2.54. The molecule has 18 aromatic carbocycles. The molecule has 0 N–H and O–H groups in total. The summed E-state index contributed by atoms with van der Waals surface area (Å²) in [6.07, 6.45) is 0. The number of fused-ring (bicyclic) bond motifs is 20. The highest BCUT2D eigenvalue weighted by Crippen LogP contribution is 2.59. The molecule has 102 heavy (non-hydrogen) atoms. The van der Waals surface area contributed by atoms with E-state index < -0.39 is 0 Å². The van der Waals surface area contributed by atoms with Gasteiger partial charge in [-0.05, 0) is 292 Å². The van der Waals surface area contributed by atoms with Crippen molar-refractivity contribution in [3.8, 4) is 145 Å². The van der Waals surface area contributed by atoms with E-state index in [0.717, 1.165) is 0 Å². The molecule has 0 amide bonds. The molecule has 0 aliphatic heterocycles. The Morgan fingerprint density at radius 3 is 0.804 bits per heavy atom. The van der Waals surface area contributed by atoms with Crippen LogP contribution < -0.4 is 0 Å². The lowest BCUT2D eigenvalue weighted by atomic mass is 9.79. The first kappa shape index (κ1) is 57.4. The van der Waals surface area contributed by atoms with Crippen molar-refractivity contribution in [2.45, 2.75) is 38.5 Å². The van der Waals surface area contributed by atoms with Crippen LogP contribution in [0.5, 0.6) is 0 Å². The molecule has 0 saturated heterocycles. The summed E-state index contributed by atoms with van der Waals surface area (Å²) < 4.78 is 0. The van der Waals surface area contributed by atoms with E-state index >= 15 is 0 Å². The maximum absolute atomic E-state index is 2.54. The highest BCUT2D eigenvalue weighted by atomic mass is 14.4. The van der Waals surface area contributed by atoms with Gasteiger partial charge in [-0.25, -0.2) is 0 Å². The molecule has 0 unspecified atom stereocenters. The minimum absolute atomic E-state index is 0.270. The molecule has 0 radical (unpaired) electrons. The SMILES string of the molecule is CC1(C)c2cc(-c3ccc4c(c3)C(C)(C)c3cc(-c5cc6c7ccc(-c8ccccc8)c8c7c(cc6c6ccc(-c7ccccc7)cc56)-c5ccccc5-8)ccc3-4)ccc2-c2ccc(-c3cc4c5ccc(-c6ccccc6)c6c5c(cc4c4ccc(-c5ccccc5)cc34)-c3ccccc3-6)cc21. The molecule has 0 saturated carbocycles. The van der Waals surface area contributed by atoms with E-state index in [1.807, 2.05) is 0 Å². The summed E-state index contributed by atoms with van der Waals surface area (Å²) in [6.45, 7) is 9.78. The van der Waals surface area contributed by atoms with Gasteiger partial charge in [0.2, 0.25) is 0 Å². The van der Waals surface area contributed by atoms with Crippen LogP contribution in [-0.2, 0) is 10.8 Å². The Labute approximate surface area is 593 Å². The highest BCUT2D eigenvalue weighted by Gasteiger charge is 2.39. The molecule has 0 fully saturated rings. The van der Waals surface area contributed by atoms with Crippen LogP contribution in [-0.4, -0.2) is 0 Å². The van der Waals surface area contributed by atoms with Crippen LogP contribution in [0.2, 0.25) is 0 Å². The number of rotatable bonds is 7. The van der Waals surface area contributed by atoms with Crippen LogP contribution in [0, 0.1) is 0 Å². The van der Waals surface area contributed by atoms with E-state index in [4.69, 9.17) is 0 Å². The Morgan fingerprint density at radius 2 is 0.422 bits per heavy atom. The molecule has 474 valence electrons. The predicted octanol–water partition coefficient (Wildman–Crippen LogP) is 28.2. The van der Waals surface area contributed by atoms with E-state index in [1.54, 1.807) is 0 Å². The Balaban J connectivity index is 0.649. The summed E-state index contributed by atoms with van der Waals surface area (Å²) in [5.74, 6) is 0. The second-order valence-corrected chi connectivity index (χ2v) is 30.1. The molecule has 0 aromatic heterocycles. The average Bonchev–Trinajstić information content (AvgIpc) is 1.47. The Kier molecular flexibility index (Phi) is 11.8. The third-order valence-corrected chi connectivity index (χ3v) is 24.1. The van der Waals surface area contributed by atoms with Gasteiger partial charge in [-0.3, -0.25) is 0 Å². The van der Waals surface area contributed by atoms with Gasteiger partial charge in [0.25, 0.3) is 0 Å².